The Kier molecular flexibility index (Phi) is 3.03. The lowest BCUT2D eigenvalue weighted by Gasteiger charge is -2.11. The molecule has 0 saturated carbocycles. The first-order valence-electron chi connectivity index (χ1n) is 3.98. The number of carboxylic acid groups (broad SMARTS) is 1. The molecule has 0 fully saturated rings. The summed E-state index contributed by atoms with van der Waals surface area (Å²) in [5.41, 5.74) is -0.486. The summed E-state index contributed by atoms with van der Waals surface area (Å²) in [4.78, 5) is 25.4. The lowest BCUT2D eigenvalue weighted by atomic mass is 10.4. The van der Waals surface area contributed by atoms with E-state index in [2.05, 4.69) is 9.72 Å². The number of carboxylic acids is 1. The van der Waals surface area contributed by atoms with E-state index in [0.717, 1.165) is 6.07 Å². The molecule has 1 atom stereocenters. The van der Waals surface area contributed by atoms with Crippen LogP contribution >= 0.6 is 0 Å². The van der Waals surface area contributed by atoms with Crippen molar-refractivity contribution in [3.63, 3.8) is 0 Å². The van der Waals surface area contributed by atoms with Crippen LogP contribution in [0, 0.1) is 6.92 Å². The Balaban J connectivity index is 3.39. The molecule has 0 aromatic carbocycles. The second-order valence-electron chi connectivity index (χ2n) is 2.77. The fraction of sp³-hybridized carbons (Fsp3) is 0.375. The highest BCUT2D eigenvalue weighted by atomic mass is 19.1. The maximum absolute atomic E-state index is 13.1. The van der Waals surface area contributed by atoms with Crippen molar-refractivity contribution in [3.05, 3.63) is 22.1 Å². The molecule has 1 N–H and O–H groups in total. The minimum atomic E-state index is -2.50. The highest BCUT2D eigenvalue weighted by Crippen LogP contribution is 2.13. The van der Waals surface area contributed by atoms with Gasteiger partial charge in [-0.15, -0.1) is 0 Å². The van der Waals surface area contributed by atoms with Gasteiger partial charge in [0.25, 0.3) is 11.9 Å². The Morgan fingerprint density at radius 2 is 2.33 bits per heavy atom. The van der Waals surface area contributed by atoms with Crippen LogP contribution in [0.25, 0.3) is 0 Å². The van der Waals surface area contributed by atoms with Crippen molar-refractivity contribution in [2.75, 3.05) is 7.11 Å². The Bertz CT molecular complexity index is 443. The van der Waals surface area contributed by atoms with E-state index >= 15 is 0 Å². The second kappa shape index (κ2) is 4.07. The molecule has 1 unspecified atom stereocenters. The average Bonchev–Trinajstić information content (AvgIpc) is 2.15. The van der Waals surface area contributed by atoms with Gasteiger partial charge < -0.3 is 9.84 Å². The number of ether oxygens (including phenoxy) is 1. The van der Waals surface area contributed by atoms with Crippen molar-refractivity contribution < 1.29 is 19.0 Å². The molecule has 0 bridgehead atoms. The Morgan fingerprint density at radius 1 is 1.73 bits per heavy atom. The zero-order chi connectivity index (χ0) is 11.6. The van der Waals surface area contributed by atoms with Crippen LogP contribution in [0.2, 0.25) is 0 Å². The highest BCUT2D eigenvalue weighted by Gasteiger charge is 2.23. The lowest BCUT2D eigenvalue weighted by molar-refractivity contribution is -0.146. The van der Waals surface area contributed by atoms with E-state index in [-0.39, 0.29) is 6.01 Å². The first kappa shape index (κ1) is 11.2. The molecule has 15 heavy (non-hydrogen) atoms. The third-order valence-electron chi connectivity index (χ3n) is 1.66. The summed E-state index contributed by atoms with van der Waals surface area (Å²) in [5.74, 6) is -1.78. The summed E-state index contributed by atoms with van der Waals surface area (Å²) < 4.78 is 18.1. The molecular formula is C8H9FN2O4. The number of methoxy groups -OCH3 is 1. The van der Waals surface area contributed by atoms with E-state index in [9.17, 15) is 14.0 Å². The molecule has 0 amide bonds. The van der Waals surface area contributed by atoms with Gasteiger partial charge >= 0.3 is 12.0 Å². The molecular weight excluding hydrogens is 207 g/mol. The minimum absolute atomic E-state index is 0.325. The Hall–Kier alpha value is -1.92. The van der Waals surface area contributed by atoms with Crippen molar-refractivity contribution >= 4 is 5.97 Å². The summed E-state index contributed by atoms with van der Waals surface area (Å²) >= 11 is 0. The topological polar surface area (TPSA) is 81.4 Å². The monoisotopic (exact) mass is 216 g/mol. The van der Waals surface area contributed by atoms with Gasteiger partial charge in [-0.3, -0.25) is 4.79 Å². The highest BCUT2D eigenvalue weighted by molar-refractivity contribution is 5.70. The minimum Gasteiger partial charge on any atom is -0.478 e. The molecule has 1 heterocycles. The van der Waals surface area contributed by atoms with Gasteiger partial charge in [-0.05, 0) is 6.92 Å². The molecule has 1 aromatic rings. The average molecular weight is 216 g/mol. The molecule has 82 valence electrons. The van der Waals surface area contributed by atoms with Crippen molar-refractivity contribution in [1.29, 1.82) is 0 Å². The molecule has 0 aliphatic rings. The van der Waals surface area contributed by atoms with Crippen LogP contribution in [0.15, 0.2) is 10.9 Å². The van der Waals surface area contributed by atoms with Gasteiger partial charge in [0.2, 0.25) is 0 Å². The predicted octanol–water partition coefficient (Wildman–Crippen LogP) is 0.113. The number of aryl methyl sites for hydroxylation is 1. The zero-order valence-corrected chi connectivity index (χ0v) is 8.10. The fourth-order valence-electron chi connectivity index (χ4n) is 1.04. The third kappa shape index (κ3) is 2.12. The Morgan fingerprint density at radius 3 is 2.80 bits per heavy atom. The number of nitrogens with zero attached hydrogens (tertiary/aromatic N) is 2. The molecule has 0 saturated heterocycles. The summed E-state index contributed by atoms with van der Waals surface area (Å²) in [6.45, 7) is 1.52. The van der Waals surface area contributed by atoms with E-state index in [0.29, 0.717) is 10.3 Å². The van der Waals surface area contributed by atoms with Gasteiger partial charge in [0.15, 0.2) is 0 Å². The van der Waals surface area contributed by atoms with E-state index in [1.807, 2.05) is 0 Å². The molecule has 0 aliphatic heterocycles. The van der Waals surface area contributed by atoms with E-state index in [1.165, 1.54) is 14.0 Å². The zero-order valence-electron chi connectivity index (χ0n) is 8.10. The molecule has 1 aromatic heterocycles. The fourth-order valence-corrected chi connectivity index (χ4v) is 1.04. The number of alkyl halides is 1. The standard InChI is InChI=1S/C8H9FN2O4/c1-4-3-5(12)11(6(9)7(13)14)8(10-4)15-2/h3,6H,1-2H3,(H,13,14). The SMILES string of the molecule is COc1nc(C)cc(=O)n1C(F)C(=O)O. The van der Waals surface area contributed by atoms with Gasteiger partial charge in [0.05, 0.1) is 7.11 Å². The second-order valence-corrected chi connectivity index (χ2v) is 2.77. The van der Waals surface area contributed by atoms with Crippen LogP contribution in [-0.4, -0.2) is 27.7 Å². The lowest BCUT2D eigenvalue weighted by Crippen LogP contribution is -2.29. The molecule has 0 spiro atoms. The normalized spacial score (nSPS) is 12.2. The number of hydrogen-bond acceptors (Lipinski definition) is 4. The van der Waals surface area contributed by atoms with Crippen molar-refractivity contribution in [2.45, 2.75) is 13.2 Å². The predicted molar refractivity (Wildman–Crippen MR) is 47.6 cm³/mol. The van der Waals surface area contributed by atoms with E-state index < -0.39 is 17.8 Å². The van der Waals surface area contributed by atoms with Crippen molar-refractivity contribution in [3.8, 4) is 6.01 Å². The van der Waals surface area contributed by atoms with Crippen LogP contribution in [0.3, 0.4) is 0 Å². The molecule has 1 rings (SSSR count). The Labute approximate surface area is 83.9 Å². The number of rotatable bonds is 3. The first-order chi connectivity index (χ1) is 6.97. The van der Waals surface area contributed by atoms with Crippen molar-refractivity contribution in [2.24, 2.45) is 0 Å². The summed E-state index contributed by atoms with van der Waals surface area (Å²) in [7, 11) is 1.17. The van der Waals surface area contributed by atoms with E-state index in [4.69, 9.17) is 5.11 Å². The number of carbonyl (C=O) groups is 1. The van der Waals surface area contributed by atoms with Gasteiger partial charge in [-0.1, -0.05) is 0 Å². The molecule has 7 heteroatoms. The van der Waals surface area contributed by atoms with Crippen LogP contribution in [0.1, 0.15) is 12.0 Å². The van der Waals surface area contributed by atoms with Gasteiger partial charge in [0.1, 0.15) is 0 Å². The maximum Gasteiger partial charge on any atom is 0.360 e. The van der Waals surface area contributed by atoms with Gasteiger partial charge in [-0.2, -0.15) is 0 Å². The third-order valence-corrected chi connectivity index (χ3v) is 1.66. The summed E-state index contributed by atoms with van der Waals surface area (Å²) in [6.07, 6.45) is -2.50. The number of aliphatic carboxylic acids is 1. The maximum atomic E-state index is 13.1. The van der Waals surface area contributed by atoms with Crippen LogP contribution in [0.4, 0.5) is 4.39 Å². The van der Waals surface area contributed by atoms with Crippen LogP contribution in [0.5, 0.6) is 6.01 Å². The molecule has 6 nitrogen and oxygen atoms in total. The van der Waals surface area contributed by atoms with Gasteiger partial charge in [-0.25, -0.2) is 18.7 Å². The number of halogens is 1. The van der Waals surface area contributed by atoms with Crippen LogP contribution in [-0.2, 0) is 4.79 Å². The number of hydrogen-bond donors (Lipinski definition) is 1. The van der Waals surface area contributed by atoms with E-state index in [1.54, 1.807) is 0 Å². The van der Waals surface area contributed by atoms with Crippen molar-refractivity contribution in [1.82, 2.24) is 9.55 Å². The van der Waals surface area contributed by atoms with Crippen LogP contribution < -0.4 is 10.3 Å². The first-order valence-corrected chi connectivity index (χ1v) is 3.98. The smallest absolute Gasteiger partial charge is 0.360 e. The summed E-state index contributed by atoms with van der Waals surface area (Å²) in [6, 6.07) is 0.660. The summed E-state index contributed by atoms with van der Waals surface area (Å²) in [5, 5.41) is 8.43. The molecule has 0 radical (unpaired) electrons. The number of aromatic nitrogens is 2. The largest absolute Gasteiger partial charge is 0.478 e. The molecule has 0 aliphatic carbocycles. The quantitative estimate of drug-likeness (QED) is 0.775. The van der Waals surface area contributed by atoms with Gasteiger partial charge in [0, 0.05) is 11.8 Å².